The summed E-state index contributed by atoms with van der Waals surface area (Å²) >= 11 is 0. The Morgan fingerprint density at radius 1 is 0.633 bits per heavy atom. The Kier molecular flexibility index (Phi) is 6.37. The van der Waals surface area contributed by atoms with Gasteiger partial charge in [-0.3, -0.25) is 9.59 Å². The smallest absolute Gasteiger partial charge is 0.201 e. The van der Waals surface area contributed by atoms with E-state index in [1.165, 1.54) is 28.4 Å². The lowest BCUT2D eigenvalue weighted by Gasteiger charge is -2.15. The van der Waals surface area contributed by atoms with Crippen LogP contribution < -0.4 is 18.9 Å². The van der Waals surface area contributed by atoms with Gasteiger partial charge in [-0.1, -0.05) is 30.3 Å². The minimum Gasteiger partial charge on any atom is -0.496 e. The van der Waals surface area contributed by atoms with Gasteiger partial charge in [0, 0.05) is 11.1 Å². The van der Waals surface area contributed by atoms with E-state index in [0.29, 0.717) is 23.0 Å². The minimum atomic E-state index is -0.442. The maximum absolute atomic E-state index is 13.5. The summed E-state index contributed by atoms with van der Waals surface area (Å²) in [5, 5.41) is 0. The van der Waals surface area contributed by atoms with E-state index < -0.39 is 11.6 Å². The molecule has 153 valence electrons. The van der Waals surface area contributed by atoms with Crippen LogP contribution >= 0.6 is 0 Å². The molecule has 1 radical (unpaired) electrons. The predicted octanol–water partition coefficient (Wildman–Crippen LogP) is 3.98. The molecule has 0 heterocycles. The van der Waals surface area contributed by atoms with E-state index >= 15 is 0 Å². The fraction of sp³-hybridized carbons (Fsp3) is 0.167. The average Bonchev–Trinajstić information content (AvgIpc) is 2.81. The second kappa shape index (κ2) is 9.13. The van der Waals surface area contributed by atoms with Gasteiger partial charge in [0.15, 0.2) is 0 Å². The van der Waals surface area contributed by atoms with Crippen molar-refractivity contribution in [3.05, 3.63) is 82.9 Å². The quantitative estimate of drug-likeness (QED) is 0.528. The molecule has 30 heavy (non-hydrogen) atoms. The van der Waals surface area contributed by atoms with Crippen LogP contribution in [0.1, 0.15) is 31.8 Å². The molecule has 3 aromatic carbocycles. The van der Waals surface area contributed by atoms with Crippen LogP contribution in [-0.2, 0) is 0 Å². The Morgan fingerprint density at radius 3 is 1.50 bits per heavy atom. The van der Waals surface area contributed by atoms with Gasteiger partial charge in [-0.25, -0.2) is 0 Å². The van der Waals surface area contributed by atoms with Crippen LogP contribution in [0.3, 0.4) is 0 Å². The number of hydrogen-bond donors (Lipinski definition) is 0. The molecule has 0 saturated carbocycles. The van der Waals surface area contributed by atoms with Gasteiger partial charge in [0.05, 0.1) is 28.4 Å². The highest BCUT2D eigenvalue weighted by atomic mass is 16.5. The van der Waals surface area contributed by atoms with E-state index in [1.54, 1.807) is 54.6 Å². The van der Waals surface area contributed by atoms with E-state index in [-0.39, 0.29) is 22.3 Å². The van der Waals surface area contributed by atoms with E-state index in [4.69, 9.17) is 18.9 Å². The fourth-order valence-corrected chi connectivity index (χ4v) is 3.22. The van der Waals surface area contributed by atoms with Crippen LogP contribution in [0.4, 0.5) is 0 Å². The number of rotatable bonds is 8. The first-order valence-electron chi connectivity index (χ1n) is 9.09. The normalized spacial score (nSPS) is 10.3. The lowest BCUT2D eigenvalue weighted by Crippen LogP contribution is -2.14. The van der Waals surface area contributed by atoms with Gasteiger partial charge in [0.25, 0.3) is 0 Å². The van der Waals surface area contributed by atoms with Crippen molar-refractivity contribution in [2.75, 3.05) is 28.4 Å². The number of benzene rings is 3. The summed E-state index contributed by atoms with van der Waals surface area (Å²) in [6, 6.07) is 17.8. The van der Waals surface area contributed by atoms with Crippen molar-refractivity contribution in [2.24, 2.45) is 0 Å². The van der Waals surface area contributed by atoms with Gasteiger partial charge in [-0.2, -0.15) is 0 Å². The number of hydrogen-bond acceptors (Lipinski definition) is 6. The summed E-state index contributed by atoms with van der Waals surface area (Å²) in [5.41, 5.74) is 0.700. The maximum atomic E-state index is 13.5. The van der Waals surface area contributed by atoms with E-state index in [0.717, 1.165) is 0 Å². The van der Waals surface area contributed by atoms with Crippen molar-refractivity contribution in [2.45, 2.75) is 0 Å². The molecule has 0 aromatic heterocycles. The zero-order valence-corrected chi connectivity index (χ0v) is 17.1. The summed E-state index contributed by atoms with van der Waals surface area (Å²) in [6.45, 7) is 0. The molecule has 0 bridgehead atoms. The fourth-order valence-electron chi connectivity index (χ4n) is 3.22. The van der Waals surface area contributed by atoms with Crippen LogP contribution in [0, 0.1) is 6.07 Å². The second-order valence-electron chi connectivity index (χ2n) is 6.19. The third-order valence-corrected chi connectivity index (χ3v) is 4.64. The third kappa shape index (κ3) is 3.72. The Balaban J connectivity index is 2.18. The summed E-state index contributed by atoms with van der Waals surface area (Å²) in [6.07, 6.45) is 0. The van der Waals surface area contributed by atoms with Crippen LogP contribution in [-0.4, -0.2) is 40.0 Å². The van der Waals surface area contributed by atoms with Gasteiger partial charge in [0.2, 0.25) is 11.6 Å². The molecule has 0 amide bonds. The van der Waals surface area contributed by atoms with Gasteiger partial charge in [-0.15, -0.1) is 0 Å². The molecule has 0 fully saturated rings. The molecular formula is C24H21O6. The molecule has 0 aliphatic heterocycles. The Labute approximate surface area is 175 Å². The van der Waals surface area contributed by atoms with Crippen molar-refractivity contribution >= 4 is 11.6 Å². The van der Waals surface area contributed by atoms with Crippen LogP contribution in [0.2, 0.25) is 0 Å². The second-order valence-corrected chi connectivity index (χ2v) is 6.19. The summed E-state index contributed by atoms with van der Waals surface area (Å²) in [4.78, 5) is 26.9. The molecule has 0 atom stereocenters. The van der Waals surface area contributed by atoms with Crippen LogP contribution in [0.5, 0.6) is 23.0 Å². The van der Waals surface area contributed by atoms with Gasteiger partial charge < -0.3 is 18.9 Å². The predicted molar refractivity (Wildman–Crippen MR) is 111 cm³/mol. The number of carbonyl (C=O) groups excluding carboxylic acids is 2. The SMILES string of the molecule is COc1cccc(OC)c1C(=O)c1[c]cccc1C(=O)c1c(OC)cccc1OC. The van der Waals surface area contributed by atoms with E-state index in [1.807, 2.05) is 0 Å². The summed E-state index contributed by atoms with van der Waals surface area (Å²) < 4.78 is 21.4. The van der Waals surface area contributed by atoms with Gasteiger partial charge in [-0.05, 0) is 30.3 Å². The van der Waals surface area contributed by atoms with Crippen molar-refractivity contribution < 1.29 is 28.5 Å². The minimum absolute atomic E-state index is 0.0956. The lowest BCUT2D eigenvalue weighted by atomic mass is 9.92. The van der Waals surface area contributed by atoms with Crippen molar-refractivity contribution in [1.82, 2.24) is 0 Å². The topological polar surface area (TPSA) is 71.1 Å². The lowest BCUT2D eigenvalue weighted by molar-refractivity contribution is 0.0996. The molecule has 0 aliphatic rings. The summed E-state index contributed by atoms with van der Waals surface area (Å²) in [5.74, 6) is 0.503. The maximum Gasteiger partial charge on any atom is 0.201 e. The molecule has 0 aliphatic carbocycles. The molecule has 3 aromatic rings. The van der Waals surface area contributed by atoms with Gasteiger partial charge in [0.1, 0.15) is 34.1 Å². The molecule has 6 nitrogen and oxygen atoms in total. The molecule has 0 saturated heterocycles. The molecule has 3 rings (SSSR count). The number of ether oxygens (including phenoxy) is 4. The van der Waals surface area contributed by atoms with Crippen molar-refractivity contribution in [3.8, 4) is 23.0 Å². The van der Waals surface area contributed by atoms with E-state index in [9.17, 15) is 9.59 Å². The molecule has 0 unspecified atom stereocenters. The van der Waals surface area contributed by atoms with Crippen molar-refractivity contribution in [1.29, 1.82) is 0 Å². The van der Waals surface area contributed by atoms with Crippen LogP contribution in [0.25, 0.3) is 0 Å². The highest BCUT2D eigenvalue weighted by molar-refractivity contribution is 6.22. The summed E-state index contributed by atoms with van der Waals surface area (Å²) in [7, 11) is 5.86. The Morgan fingerprint density at radius 2 is 1.07 bits per heavy atom. The first-order chi connectivity index (χ1) is 14.6. The van der Waals surface area contributed by atoms with Crippen LogP contribution in [0.15, 0.2) is 54.6 Å². The molecule has 0 spiro atoms. The molecule has 6 heteroatoms. The first-order valence-corrected chi connectivity index (χ1v) is 9.09. The number of methoxy groups -OCH3 is 4. The highest BCUT2D eigenvalue weighted by Crippen LogP contribution is 2.34. The zero-order chi connectivity index (χ0) is 21.7. The van der Waals surface area contributed by atoms with Gasteiger partial charge >= 0.3 is 0 Å². The zero-order valence-electron chi connectivity index (χ0n) is 17.1. The Bertz CT molecular complexity index is 956. The highest BCUT2D eigenvalue weighted by Gasteiger charge is 2.27. The number of carbonyl (C=O) groups is 2. The Hall–Kier alpha value is -3.80. The first kappa shape index (κ1) is 20.9. The standard InChI is InChI=1S/C24H21O6/c1-27-17-11-7-12-18(28-2)21(17)23(25)15-9-5-6-10-16(15)24(26)22-19(29-3)13-8-14-20(22)30-4/h5-9,11-14H,1-4H3. The van der Waals surface area contributed by atoms with E-state index in [2.05, 4.69) is 6.07 Å². The number of ketones is 2. The molecular weight excluding hydrogens is 384 g/mol. The third-order valence-electron chi connectivity index (χ3n) is 4.64. The molecule has 0 N–H and O–H groups in total. The monoisotopic (exact) mass is 405 g/mol. The largest absolute Gasteiger partial charge is 0.496 e. The average molecular weight is 405 g/mol. The van der Waals surface area contributed by atoms with Crippen molar-refractivity contribution in [3.63, 3.8) is 0 Å².